The van der Waals surface area contributed by atoms with E-state index in [2.05, 4.69) is 11.3 Å². The molecule has 0 saturated carbocycles. The summed E-state index contributed by atoms with van der Waals surface area (Å²) >= 11 is 1.57. The Balaban J connectivity index is 2.87. The maximum absolute atomic E-state index is 5.43. The van der Waals surface area contributed by atoms with Gasteiger partial charge in [0.15, 0.2) is 0 Å². The first-order valence-electron chi connectivity index (χ1n) is 3.37. The summed E-state index contributed by atoms with van der Waals surface area (Å²) in [6.45, 7) is 4.85. The molecule has 2 N–H and O–H groups in total. The maximum atomic E-state index is 5.43. The van der Waals surface area contributed by atoms with Gasteiger partial charge in [0.1, 0.15) is 0 Å². The van der Waals surface area contributed by atoms with E-state index in [-0.39, 0.29) is 0 Å². The van der Waals surface area contributed by atoms with E-state index in [1.807, 2.05) is 6.92 Å². The number of rotatable bonds is 2. The van der Waals surface area contributed by atoms with Crippen LogP contribution in [0.1, 0.15) is 16.1 Å². The lowest BCUT2D eigenvalue weighted by atomic mass is 10.1. The molecule has 0 unspecified atom stereocenters. The van der Waals surface area contributed by atoms with Crippen LogP contribution in [0.3, 0.4) is 0 Å². The predicted molar refractivity (Wildman–Crippen MR) is 44.3 cm³/mol. The Morgan fingerprint density at radius 2 is 2.20 bits per heavy atom. The first-order chi connectivity index (χ1) is 4.75. The molecule has 0 atom stereocenters. The number of nitrogens with zero attached hydrogens (tertiary/aromatic N) is 1. The maximum Gasteiger partial charge on any atom is 0.0546 e. The summed E-state index contributed by atoms with van der Waals surface area (Å²) in [6.07, 6.45) is 0.966. The van der Waals surface area contributed by atoms with Gasteiger partial charge in [0.2, 0.25) is 0 Å². The van der Waals surface area contributed by atoms with Crippen LogP contribution in [-0.2, 0) is 6.42 Å². The molecule has 0 fully saturated rings. The Bertz CT molecular complexity index is 198. The lowest BCUT2D eigenvalue weighted by Gasteiger charge is -1.95. The minimum atomic E-state index is 0.722. The largest absolute Gasteiger partial charge is 0.330 e. The van der Waals surface area contributed by atoms with Crippen molar-refractivity contribution in [2.75, 3.05) is 6.54 Å². The summed E-state index contributed by atoms with van der Waals surface area (Å²) in [4.78, 5) is 1.31. The van der Waals surface area contributed by atoms with Crippen molar-refractivity contribution in [1.29, 1.82) is 0 Å². The quantitative estimate of drug-likeness (QED) is 0.700. The van der Waals surface area contributed by atoms with Crippen molar-refractivity contribution < 1.29 is 0 Å². The van der Waals surface area contributed by atoms with Gasteiger partial charge in [-0.2, -0.15) is 4.37 Å². The van der Waals surface area contributed by atoms with Crippen LogP contribution < -0.4 is 5.73 Å². The molecule has 1 aromatic heterocycles. The summed E-state index contributed by atoms with van der Waals surface area (Å²) < 4.78 is 4.22. The highest BCUT2D eigenvalue weighted by Gasteiger charge is 2.03. The number of hydrogen-bond acceptors (Lipinski definition) is 3. The van der Waals surface area contributed by atoms with Gasteiger partial charge in [0, 0.05) is 4.88 Å². The third kappa shape index (κ3) is 1.36. The Morgan fingerprint density at radius 1 is 1.50 bits per heavy atom. The topological polar surface area (TPSA) is 38.9 Å². The third-order valence-corrected chi connectivity index (χ3v) is 2.46. The molecule has 0 aliphatic rings. The molecule has 1 heterocycles. The SMILES string of the molecule is Cc1nsc(C)c1CCN. The molecule has 3 heteroatoms. The fraction of sp³-hybridized carbons (Fsp3) is 0.571. The molecule has 56 valence electrons. The number of aromatic nitrogens is 1. The normalized spacial score (nSPS) is 10.3. The highest BCUT2D eigenvalue weighted by Crippen LogP contribution is 2.16. The van der Waals surface area contributed by atoms with Crippen LogP contribution in [0, 0.1) is 13.8 Å². The standard InChI is InChI=1S/C7H12N2S/c1-5-7(3-4-8)6(2)10-9-5/h3-4,8H2,1-2H3. The van der Waals surface area contributed by atoms with E-state index >= 15 is 0 Å². The van der Waals surface area contributed by atoms with Crippen LogP contribution in [-0.4, -0.2) is 10.9 Å². The van der Waals surface area contributed by atoms with Crippen LogP contribution in [0.15, 0.2) is 0 Å². The summed E-state index contributed by atoms with van der Waals surface area (Å²) in [5, 5.41) is 0. The number of nitrogens with two attached hydrogens (primary N) is 1. The highest BCUT2D eigenvalue weighted by molar-refractivity contribution is 7.05. The van der Waals surface area contributed by atoms with Crippen molar-refractivity contribution in [3.63, 3.8) is 0 Å². The molecule has 0 aliphatic carbocycles. The molecule has 0 bridgehead atoms. The van der Waals surface area contributed by atoms with Crippen LogP contribution in [0.4, 0.5) is 0 Å². The smallest absolute Gasteiger partial charge is 0.0546 e. The van der Waals surface area contributed by atoms with Gasteiger partial charge < -0.3 is 5.73 Å². The average molecular weight is 156 g/mol. The highest BCUT2D eigenvalue weighted by atomic mass is 32.1. The molecule has 0 radical (unpaired) electrons. The molecule has 0 aliphatic heterocycles. The molecule has 1 rings (SSSR count). The molecule has 0 spiro atoms. The van der Waals surface area contributed by atoms with E-state index < -0.39 is 0 Å². The summed E-state index contributed by atoms with van der Waals surface area (Å²) in [6, 6.07) is 0. The zero-order valence-corrected chi connectivity index (χ0v) is 7.16. The first kappa shape index (κ1) is 7.69. The van der Waals surface area contributed by atoms with Crippen LogP contribution >= 0.6 is 11.5 Å². The van der Waals surface area contributed by atoms with E-state index in [1.54, 1.807) is 11.5 Å². The second kappa shape index (κ2) is 3.12. The van der Waals surface area contributed by atoms with Crippen molar-refractivity contribution in [3.8, 4) is 0 Å². The molecule has 0 amide bonds. The zero-order valence-electron chi connectivity index (χ0n) is 6.35. The van der Waals surface area contributed by atoms with Crippen molar-refractivity contribution in [1.82, 2.24) is 4.37 Å². The Kier molecular flexibility index (Phi) is 2.40. The van der Waals surface area contributed by atoms with E-state index in [9.17, 15) is 0 Å². The molecule has 2 nitrogen and oxygen atoms in total. The monoisotopic (exact) mass is 156 g/mol. The fourth-order valence-electron chi connectivity index (χ4n) is 1.00. The summed E-state index contributed by atoms with van der Waals surface area (Å²) in [5.74, 6) is 0. The van der Waals surface area contributed by atoms with E-state index in [1.165, 1.54) is 10.4 Å². The fourth-order valence-corrected chi connectivity index (χ4v) is 1.75. The lowest BCUT2D eigenvalue weighted by Crippen LogP contribution is -2.03. The Morgan fingerprint density at radius 3 is 2.60 bits per heavy atom. The minimum absolute atomic E-state index is 0.722. The van der Waals surface area contributed by atoms with E-state index in [0.717, 1.165) is 18.7 Å². The van der Waals surface area contributed by atoms with Crippen molar-refractivity contribution in [2.45, 2.75) is 20.3 Å². The van der Waals surface area contributed by atoms with Gasteiger partial charge in [0.25, 0.3) is 0 Å². The molecule has 10 heavy (non-hydrogen) atoms. The van der Waals surface area contributed by atoms with Crippen LogP contribution in [0.5, 0.6) is 0 Å². The van der Waals surface area contributed by atoms with E-state index in [4.69, 9.17) is 5.73 Å². The van der Waals surface area contributed by atoms with Gasteiger partial charge in [-0.3, -0.25) is 0 Å². The van der Waals surface area contributed by atoms with Gasteiger partial charge in [0.05, 0.1) is 5.69 Å². The summed E-state index contributed by atoms with van der Waals surface area (Å²) in [5.41, 5.74) is 7.92. The zero-order chi connectivity index (χ0) is 7.56. The Hall–Kier alpha value is -0.410. The minimum Gasteiger partial charge on any atom is -0.330 e. The average Bonchev–Trinajstić information content (AvgIpc) is 2.20. The summed E-state index contributed by atoms with van der Waals surface area (Å²) in [7, 11) is 0. The molecule has 1 aromatic rings. The predicted octanol–water partition coefficient (Wildman–Crippen LogP) is 1.26. The second-order valence-electron chi connectivity index (χ2n) is 2.34. The molecular weight excluding hydrogens is 144 g/mol. The number of hydrogen-bond donors (Lipinski definition) is 1. The van der Waals surface area contributed by atoms with Gasteiger partial charge >= 0.3 is 0 Å². The van der Waals surface area contributed by atoms with Gasteiger partial charge in [-0.15, -0.1) is 0 Å². The van der Waals surface area contributed by atoms with Gasteiger partial charge in [-0.25, -0.2) is 0 Å². The van der Waals surface area contributed by atoms with Crippen molar-refractivity contribution in [3.05, 3.63) is 16.1 Å². The van der Waals surface area contributed by atoms with Crippen LogP contribution in [0.2, 0.25) is 0 Å². The van der Waals surface area contributed by atoms with Crippen LogP contribution in [0.25, 0.3) is 0 Å². The van der Waals surface area contributed by atoms with Crippen molar-refractivity contribution >= 4 is 11.5 Å². The van der Waals surface area contributed by atoms with E-state index in [0.29, 0.717) is 0 Å². The Labute approximate surface area is 65.2 Å². The van der Waals surface area contributed by atoms with Gasteiger partial charge in [-0.05, 0) is 43.9 Å². The molecule has 0 aromatic carbocycles. The molecular formula is C7H12N2S. The first-order valence-corrected chi connectivity index (χ1v) is 4.15. The lowest BCUT2D eigenvalue weighted by molar-refractivity contribution is 0.949. The van der Waals surface area contributed by atoms with Crippen molar-refractivity contribution in [2.24, 2.45) is 5.73 Å². The number of aryl methyl sites for hydroxylation is 2. The second-order valence-corrected chi connectivity index (χ2v) is 3.32. The molecule has 0 saturated heterocycles. The third-order valence-electron chi connectivity index (χ3n) is 1.58. The van der Waals surface area contributed by atoms with Gasteiger partial charge in [-0.1, -0.05) is 0 Å².